The first-order chi connectivity index (χ1) is 16.5. The Labute approximate surface area is 218 Å². The standard InChI is InChI=1S/C30H49NO3S/c1-18(2)28-17-31(12-13-34-28)25-16-30(5)20(15-27(25)33)6-7-21-22-8-9-24(26(32)14-19(3)35)29(22,4)11-10-23(21)30/h18,20-25,27-28,33H,6-17H2,1-5H3/t20-,21-,22-,23-,24+,25-,27-,28-,29-,30-/m0/s1. The molecule has 35 heavy (non-hydrogen) atoms. The third-order valence-electron chi connectivity index (χ3n) is 11.8. The van der Waals surface area contributed by atoms with Gasteiger partial charge in [-0.15, -0.1) is 0 Å². The molecule has 1 N–H and O–H groups in total. The van der Waals surface area contributed by atoms with Crippen LogP contribution in [0, 0.1) is 46.3 Å². The Balaban J connectivity index is 1.35. The predicted octanol–water partition coefficient (Wildman–Crippen LogP) is 5.69. The summed E-state index contributed by atoms with van der Waals surface area (Å²) in [7, 11) is 0. The fourth-order valence-electron chi connectivity index (χ4n) is 9.95. The van der Waals surface area contributed by atoms with Gasteiger partial charge in [-0.2, -0.15) is 0 Å². The largest absolute Gasteiger partial charge is 0.391 e. The lowest BCUT2D eigenvalue weighted by Crippen LogP contribution is -2.61. The maximum absolute atomic E-state index is 13.2. The normalized spacial score (nSPS) is 48.2. The molecule has 5 heteroatoms. The Hall–Kier alpha value is -0.360. The first-order valence-corrected chi connectivity index (χ1v) is 15.0. The van der Waals surface area contributed by atoms with Gasteiger partial charge < -0.3 is 9.84 Å². The highest BCUT2D eigenvalue weighted by Crippen LogP contribution is 2.67. The van der Waals surface area contributed by atoms with Gasteiger partial charge in [0.2, 0.25) is 0 Å². The van der Waals surface area contributed by atoms with Gasteiger partial charge in [-0.05, 0) is 104 Å². The van der Waals surface area contributed by atoms with E-state index in [-0.39, 0.29) is 29.6 Å². The van der Waals surface area contributed by atoms with Gasteiger partial charge in [0.05, 0.1) is 18.8 Å². The Morgan fingerprint density at radius 1 is 1.11 bits per heavy atom. The van der Waals surface area contributed by atoms with Crippen LogP contribution in [-0.4, -0.2) is 58.6 Å². The maximum Gasteiger partial charge on any atom is 0.141 e. The van der Waals surface area contributed by atoms with Crippen molar-refractivity contribution < 1.29 is 14.6 Å². The van der Waals surface area contributed by atoms with E-state index in [1.807, 2.05) is 6.92 Å². The summed E-state index contributed by atoms with van der Waals surface area (Å²) in [4.78, 5) is 16.6. The van der Waals surface area contributed by atoms with Crippen molar-refractivity contribution in [2.45, 2.75) is 111 Å². The zero-order chi connectivity index (χ0) is 25.1. The molecule has 0 unspecified atom stereocenters. The lowest BCUT2D eigenvalue weighted by molar-refractivity contribution is -0.163. The van der Waals surface area contributed by atoms with E-state index in [1.54, 1.807) is 0 Å². The summed E-state index contributed by atoms with van der Waals surface area (Å²) in [6.45, 7) is 14.2. The molecule has 5 fully saturated rings. The van der Waals surface area contributed by atoms with E-state index >= 15 is 0 Å². The summed E-state index contributed by atoms with van der Waals surface area (Å²) in [5.41, 5.74) is 0.460. The van der Waals surface area contributed by atoms with Crippen molar-refractivity contribution in [2.75, 3.05) is 19.7 Å². The van der Waals surface area contributed by atoms with Crippen molar-refractivity contribution in [3.05, 3.63) is 0 Å². The molecule has 1 aliphatic heterocycles. The van der Waals surface area contributed by atoms with E-state index in [4.69, 9.17) is 17.0 Å². The molecule has 1 heterocycles. The molecule has 0 aromatic heterocycles. The number of fused-ring (bicyclic) bond motifs is 5. The van der Waals surface area contributed by atoms with Gasteiger partial charge in [0.1, 0.15) is 5.78 Å². The minimum atomic E-state index is -0.212. The lowest BCUT2D eigenvalue weighted by Gasteiger charge is -2.62. The Morgan fingerprint density at radius 2 is 1.86 bits per heavy atom. The van der Waals surface area contributed by atoms with Crippen molar-refractivity contribution in [3.8, 4) is 0 Å². The number of aliphatic hydroxyl groups excluding tert-OH is 1. The number of rotatable bonds is 5. The smallest absolute Gasteiger partial charge is 0.141 e. The van der Waals surface area contributed by atoms with Crippen LogP contribution in [-0.2, 0) is 9.53 Å². The number of carbonyl (C=O) groups is 1. The number of thiocarbonyl (C=S) groups is 1. The second-order valence-electron chi connectivity index (χ2n) is 13.9. The maximum atomic E-state index is 13.2. The highest BCUT2D eigenvalue weighted by molar-refractivity contribution is 7.80. The number of ether oxygens (including phenoxy) is 1. The second kappa shape index (κ2) is 9.75. The molecular weight excluding hydrogens is 454 g/mol. The number of hydrogen-bond donors (Lipinski definition) is 1. The van der Waals surface area contributed by atoms with E-state index in [0.29, 0.717) is 35.4 Å². The van der Waals surface area contributed by atoms with Gasteiger partial charge in [-0.1, -0.05) is 39.9 Å². The fraction of sp³-hybridized carbons (Fsp3) is 0.933. The van der Waals surface area contributed by atoms with E-state index in [2.05, 4.69) is 32.6 Å². The third-order valence-corrected chi connectivity index (χ3v) is 12.0. The van der Waals surface area contributed by atoms with Crippen LogP contribution in [0.4, 0.5) is 0 Å². The van der Waals surface area contributed by atoms with Crippen LogP contribution in [0.3, 0.4) is 0 Å². The van der Waals surface area contributed by atoms with Gasteiger partial charge in [-0.25, -0.2) is 0 Å². The number of nitrogens with zero attached hydrogens (tertiary/aromatic N) is 1. The summed E-state index contributed by atoms with van der Waals surface area (Å²) < 4.78 is 6.07. The molecule has 4 aliphatic carbocycles. The third kappa shape index (κ3) is 4.49. The van der Waals surface area contributed by atoms with E-state index in [1.165, 1.54) is 32.1 Å². The lowest BCUT2D eigenvalue weighted by atomic mass is 9.44. The fourth-order valence-corrected chi connectivity index (χ4v) is 10.1. The molecule has 0 spiro atoms. The SMILES string of the molecule is CC(=S)CC(=O)[C@H]1CC[C@H]2[C@@H]3CC[C@H]4C[C@H](O)[C@@H](N5CCO[C@H](C(C)C)C5)C[C@]4(C)[C@H]3CC[C@]12C. The minimum absolute atomic E-state index is 0.161. The molecular formula is C30H49NO3S. The second-order valence-corrected chi connectivity index (χ2v) is 14.6. The first-order valence-electron chi connectivity index (χ1n) is 14.6. The van der Waals surface area contributed by atoms with E-state index < -0.39 is 0 Å². The zero-order valence-electron chi connectivity index (χ0n) is 22.8. The highest BCUT2D eigenvalue weighted by atomic mass is 32.1. The van der Waals surface area contributed by atoms with Crippen LogP contribution in [0.25, 0.3) is 0 Å². The molecule has 198 valence electrons. The number of aliphatic hydroxyl groups is 1. The quantitative estimate of drug-likeness (QED) is 0.489. The molecule has 0 amide bonds. The molecule has 0 radical (unpaired) electrons. The van der Waals surface area contributed by atoms with Crippen molar-refractivity contribution in [3.63, 3.8) is 0 Å². The summed E-state index contributed by atoms with van der Waals surface area (Å²) in [5.74, 6) is 3.92. The van der Waals surface area contributed by atoms with E-state index in [9.17, 15) is 9.90 Å². The monoisotopic (exact) mass is 503 g/mol. The predicted molar refractivity (Wildman–Crippen MR) is 144 cm³/mol. The summed E-state index contributed by atoms with van der Waals surface area (Å²) >= 11 is 5.30. The van der Waals surface area contributed by atoms with Gasteiger partial charge in [0.25, 0.3) is 0 Å². The Bertz CT molecular complexity index is 830. The van der Waals surface area contributed by atoms with Crippen LogP contribution in [0.15, 0.2) is 0 Å². The summed E-state index contributed by atoms with van der Waals surface area (Å²) in [5, 5.41) is 11.3. The van der Waals surface area contributed by atoms with Crippen LogP contribution >= 0.6 is 12.2 Å². The van der Waals surface area contributed by atoms with E-state index in [0.717, 1.165) is 55.7 Å². The van der Waals surface area contributed by atoms with Crippen LogP contribution in [0.5, 0.6) is 0 Å². The molecule has 0 bridgehead atoms. The molecule has 4 nitrogen and oxygen atoms in total. The van der Waals surface area contributed by atoms with Crippen molar-refractivity contribution >= 4 is 22.9 Å². The van der Waals surface area contributed by atoms with Gasteiger partial charge in [0.15, 0.2) is 0 Å². The van der Waals surface area contributed by atoms with Gasteiger partial charge >= 0.3 is 0 Å². The van der Waals surface area contributed by atoms with Gasteiger partial charge in [0, 0.05) is 31.5 Å². The average Bonchev–Trinajstić information content (AvgIpc) is 3.16. The molecule has 0 aromatic carbocycles. The van der Waals surface area contributed by atoms with Crippen molar-refractivity contribution in [1.82, 2.24) is 4.90 Å². The molecule has 5 rings (SSSR count). The summed E-state index contributed by atoms with van der Waals surface area (Å²) in [6, 6.07) is 0.261. The average molecular weight is 504 g/mol. The highest BCUT2D eigenvalue weighted by Gasteiger charge is 2.62. The van der Waals surface area contributed by atoms with Crippen molar-refractivity contribution in [1.29, 1.82) is 0 Å². The Morgan fingerprint density at radius 3 is 2.57 bits per heavy atom. The molecule has 10 atom stereocenters. The molecule has 1 saturated heterocycles. The molecule has 4 saturated carbocycles. The van der Waals surface area contributed by atoms with Crippen LogP contribution < -0.4 is 0 Å². The number of morpholine rings is 1. The number of Topliss-reactive ketones (excluding diaryl/α,β-unsaturated/α-hetero) is 1. The minimum Gasteiger partial charge on any atom is -0.391 e. The first kappa shape index (κ1) is 26.3. The number of hydrogen-bond acceptors (Lipinski definition) is 5. The van der Waals surface area contributed by atoms with Gasteiger partial charge in [-0.3, -0.25) is 9.69 Å². The Kier molecular flexibility index (Phi) is 7.31. The number of carbonyl (C=O) groups excluding carboxylic acids is 1. The van der Waals surface area contributed by atoms with Crippen LogP contribution in [0.1, 0.15) is 92.4 Å². The zero-order valence-corrected chi connectivity index (χ0v) is 23.6. The molecule has 0 aromatic rings. The number of ketones is 1. The van der Waals surface area contributed by atoms with Crippen molar-refractivity contribution in [2.24, 2.45) is 46.3 Å². The molecule has 5 aliphatic rings. The van der Waals surface area contributed by atoms with Crippen LogP contribution in [0.2, 0.25) is 0 Å². The topological polar surface area (TPSA) is 49.8 Å². The summed E-state index contributed by atoms with van der Waals surface area (Å²) in [6.07, 6.45) is 9.93.